The number of nitrogens with one attached hydrogen (secondary N) is 1. The lowest BCUT2D eigenvalue weighted by Gasteiger charge is -1.99. The van der Waals surface area contributed by atoms with Gasteiger partial charge in [-0.3, -0.25) is 4.98 Å². The molecule has 2 N–H and O–H groups in total. The van der Waals surface area contributed by atoms with Crippen LogP contribution in [0.1, 0.15) is 15.9 Å². The fraction of sp³-hybridized carbons (Fsp3) is 0.0667. The van der Waals surface area contributed by atoms with Gasteiger partial charge in [0.2, 0.25) is 0 Å². The number of hydrogen-bond donors (Lipinski definition) is 2. The lowest BCUT2D eigenvalue weighted by Crippen LogP contribution is -1.97. The highest BCUT2D eigenvalue weighted by atomic mass is 16.4. The first-order valence-electron chi connectivity index (χ1n) is 5.93. The van der Waals surface area contributed by atoms with Gasteiger partial charge in [-0.2, -0.15) is 0 Å². The summed E-state index contributed by atoms with van der Waals surface area (Å²) in [6.07, 6.45) is 1.51. The second-order valence-corrected chi connectivity index (χ2v) is 4.46. The van der Waals surface area contributed by atoms with Crippen LogP contribution >= 0.6 is 0 Å². The lowest BCUT2D eigenvalue weighted by molar-refractivity contribution is 0.0697. The van der Waals surface area contributed by atoms with Crippen molar-refractivity contribution in [2.45, 2.75) is 6.92 Å². The quantitative estimate of drug-likeness (QED) is 0.735. The van der Waals surface area contributed by atoms with Gasteiger partial charge in [0.25, 0.3) is 0 Å². The summed E-state index contributed by atoms with van der Waals surface area (Å²) in [4.78, 5) is 18.5. The maximum Gasteiger partial charge on any atom is 0.335 e. The lowest BCUT2D eigenvalue weighted by atomic mass is 10.1. The van der Waals surface area contributed by atoms with Crippen molar-refractivity contribution >= 4 is 16.9 Å². The number of para-hydroxylation sites is 1. The molecule has 19 heavy (non-hydrogen) atoms. The average molecular weight is 252 g/mol. The van der Waals surface area contributed by atoms with Gasteiger partial charge < -0.3 is 10.1 Å². The third kappa shape index (κ3) is 1.97. The van der Waals surface area contributed by atoms with Crippen molar-refractivity contribution in [1.82, 2.24) is 9.97 Å². The summed E-state index contributed by atoms with van der Waals surface area (Å²) in [5.74, 6) is -0.948. The molecule has 2 heterocycles. The van der Waals surface area contributed by atoms with Crippen molar-refractivity contribution in [3.8, 4) is 11.4 Å². The van der Waals surface area contributed by atoms with Crippen LogP contribution in [0.15, 0.2) is 42.6 Å². The predicted octanol–water partition coefficient (Wildman–Crippen LogP) is 3.24. The number of aromatic amines is 1. The SMILES string of the molecule is Cc1cccc2cc(-c3cc(C(=O)O)ccn3)[nH]c12. The van der Waals surface area contributed by atoms with E-state index in [0.717, 1.165) is 22.2 Å². The van der Waals surface area contributed by atoms with Crippen LogP contribution in [0.3, 0.4) is 0 Å². The average Bonchev–Trinajstić information content (AvgIpc) is 2.84. The molecule has 0 aliphatic heterocycles. The molecule has 0 saturated heterocycles. The molecular weight excluding hydrogens is 240 g/mol. The molecule has 2 aromatic heterocycles. The molecule has 0 radical (unpaired) electrons. The zero-order valence-corrected chi connectivity index (χ0v) is 10.3. The van der Waals surface area contributed by atoms with Gasteiger partial charge in [0, 0.05) is 17.1 Å². The molecule has 4 heteroatoms. The third-order valence-electron chi connectivity index (χ3n) is 3.15. The van der Waals surface area contributed by atoms with Gasteiger partial charge in [-0.15, -0.1) is 0 Å². The number of aryl methyl sites for hydroxylation is 1. The van der Waals surface area contributed by atoms with E-state index in [1.807, 2.05) is 31.2 Å². The number of hydrogen-bond acceptors (Lipinski definition) is 2. The number of nitrogens with zero attached hydrogens (tertiary/aromatic N) is 1. The molecule has 0 aliphatic rings. The maximum atomic E-state index is 11.0. The third-order valence-corrected chi connectivity index (χ3v) is 3.15. The minimum atomic E-state index is -0.948. The van der Waals surface area contributed by atoms with Gasteiger partial charge in [-0.1, -0.05) is 18.2 Å². The summed E-state index contributed by atoms with van der Waals surface area (Å²) in [5.41, 5.74) is 3.90. The van der Waals surface area contributed by atoms with E-state index < -0.39 is 5.97 Å². The highest BCUT2D eigenvalue weighted by Gasteiger charge is 2.09. The van der Waals surface area contributed by atoms with Crippen LogP contribution in [0, 0.1) is 6.92 Å². The highest BCUT2D eigenvalue weighted by molar-refractivity contribution is 5.90. The van der Waals surface area contributed by atoms with Gasteiger partial charge in [-0.05, 0) is 30.7 Å². The molecular formula is C15H12N2O2. The fourth-order valence-electron chi connectivity index (χ4n) is 2.16. The van der Waals surface area contributed by atoms with Crippen LogP contribution < -0.4 is 0 Å². The van der Waals surface area contributed by atoms with E-state index in [2.05, 4.69) is 9.97 Å². The molecule has 0 bridgehead atoms. The number of aromatic carboxylic acids is 1. The van der Waals surface area contributed by atoms with E-state index >= 15 is 0 Å². The first-order chi connectivity index (χ1) is 9.15. The smallest absolute Gasteiger partial charge is 0.335 e. The minimum absolute atomic E-state index is 0.236. The number of carboxylic acids is 1. The van der Waals surface area contributed by atoms with Crippen molar-refractivity contribution in [3.05, 3.63) is 53.7 Å². The Morgan fingerprint density at radius 3 is 2.84 bits per heavy atom. The zero-order valence-electron chi connectivity index (χ0n) is 10.3. The topological polar surface area (TPSA) is 66.0 Å². The van der Waals surface area contributed by atoms with Crippen molar-refractivity contribution < 1.29 is 9.90 Å². The van der Waals surface area contributed by atoms with Gasteiger partial charge in [0.15, 0.2) is 0 Å². The first-order valence-corrected chi connectivity index (χ1v) is 5.93. The van der Waals surface area contributed by atoms with E-state index in [1.165, 1.54) is 12.3 Å². The molecule has 0 amide bonds. The summed E-state index contributed by atoms with van der Waals surface area (Å²) in [6.45, 7) is 2.03. The number of benzene rings is 1. The number of fused-ring (bicyclic) bond motifs is 1. The van der Waals surface area contributed by atoms with Gasteiger partial charge in [-0.25, -0.2) is 4.79 Å². The number of H-pyrrole nitrogens is 1. The Kier molecular flexibility index (Phi) is 2.56. The first kappa shape index (κ1) is 11.5. The predicted molar refractivity (Wildman–Crippen MR) is 73.2 cm³/mol. The molecule has 0 spiro atoms. The second-order valence-electron chi connectivity index (χ2n) is 4.46. The molecule has 1 aromatic carbocycles. The molecule has 0 saturated carbocycles. The molecule has 0 fully saturated rings. The zero-order chi connectivity index (χ0) is 13.4. The van der Waals surface area contributed by atoms with Crippen LogP contribution in [0.2, 0.25) is 0 Å². The van der Waals surface area contributed by atoms with Crippen LogP contribution in [0.5, 0.6) is 0 Å². The van der Waals surface area contributed by atoms with Crippen molar-refractivity contribution in [2.75, 3.05) is 0 Å². The van der Waals surface area contributed by atoms with Gasteiger partial charge >= 0.3 is 5.97 Å². The molecule has 94 valence electrons. The summed E-state index contributed by atoms with van der Waals surface area (Å²) in [7, 11) is 0. The monoisotopic (exact) mass is 252 g/mol. The Bertz CT molecular complexity index is 775. The Hall–Kier alpha value is -2.62. The summed E-state index contributed by atoms with van der Waals surface area (Å²) in [6, 6.07) is 11.1. The standard InChI is InChI=1S/C15H12N2O2/c1-9-3-2-4-10-7-13(17-14(9)10)12-8-11(15(18)19)5-6-16-12/h2-8,17H,1H3,(H,18,19). The van der Waals surface area contributed by atoms with E-state index in [4.69, 9.17) is 5.11 Å². The normalized spacial score (nSPS) is 10.8. The van der Waals surface area contributed by atoms with Crippen molar-refractivity contribution in [3.63, 3.8) is 0 Å². The van der Waals surface area contributed by atoms with E-state index in [9.17, 15) is 4.79 Å². The Labute approximate surface area is 109 Å². The van der Waals surface area contributed by atoms with E-state index in [0.29, 0.717) is 5.69 Å². The Morgan fingerprint density at radius 2 is 2.11 bits per heavy atom. The number of carboxylic acid groups (broad SMARTS) is 1. The van der Waals surface area contributed by atoms with E-state index in [1.54, 1.807) is 6.07 Å². The molecule has 0 aliphatic carbocycles. The van der Waals surface area contributed by atoms with Crippen LogP contribution in [0.25, 0.3) is 22.3 Å². The van der Waals surface area contributed by atoms with Gasteiger partial charge in [0.1, 0.15) is 0 Å². The molecule has 3 aromatic rings. The molecule has 0 unspecified atom stereocenters. The number of carbonyl (C=O) groups is 1. The van der Waals surface area contributed by atoms with Crippen molar-refractivity contribution in [2.24, 2.45) is 0 Å². The van der Waals surface area contributed by atoms with Crippen molar-refractivity contribution in [1.29, 1.82) is 0 Å². The maximum absolute atomic E-state index is 11.0. The molecule has 4 nitrogen and oxygen atoms in total. The second kappa shape index (κ2) is 4.24. The number of pyridine rings is 1. The largest absolute Gasteiger partial charge is 0.478 e. The number of aromatic nitrogens is 2. The van der Waals surface area contributed by atoms with E-state index in [-0.39, 0.29) is 5.56 Å². The van der Waals surface area contributed by atoms with Crippen LogP contribution in [-0.2, 0) is 0 Å². The Morgan fingerprint density at radius 1 is 1.26 bits per heavy atom. The van der Waals surface area contributed by atoms with Crippen LogP contribution in [-0.4, -0.2) is 21.0 Å². The number of rotatable bonds is 2. The summed E-state index contributed by atoms with van der Waals surface area (Å²) in [5, 5.41) is 10.1. The summed E-state index contributed by atoms with van der Waals surface area (Å²) >= 11 is 0. The highest BCUT2D eigenvalue weighted by Crippen LogP contribution is 2.25. The molecule has 3 rings (SSSR count). The van der Waals surface area contributed by atoms with Crippen LogP contribution in [0.4, 0.5) is 0 Å². The Balaban J connectivity index is 2.16. The fourth-order valence-corrected chi connectivity index (χ4v) is 2.16. The van der Waals surface area contributed by atoms with Gasteiger partial charge in [0.05, 0.1) is 17.0 Å². The molecule has 0 atom stereocenters. The minimum Gasteiger partial charge on any atom is -0.478 e. The summed E-state index contributed by atoms with van der Waals surface area (Å²) < 4.78 is 0.